The predicted molar refractivity (Wildman–Crippen MR) is 106 cm³/mol. The first-order valence-electron chi connectivity index (χ1n) is 8.96. The van der Waals surface area contributed by atoms with E-state index in [9.17, 15) is 27.9 Å². The molecule has 0 saturated carbocycles. The van der Waals surface area contributed by atoms with E-state index in [1.807, 2.05) is 0 Å². The fourth-order valence-electron chi connectivity index (χ4n) is 3.42. The zero-order valence-electron chi connectivity index (χ0n) is 15.6. The third kappa shape index (κ3) is 3.70. The number of aliphatic hydroxyl groups excluding tert-OH is 1. The number of aliphatic hydroxyl groups is 1. The maximum Gasteiger partial charge on any atom is 0.416 e. The van der Waals surface area contributed by atoms with Crippen LogP contribution in [0.15, 0.2) is 76.9 Å². The number of alkyl halides is 3. The van der Waals surface area contributed by atoms with Gasteiger partial charge in [-0.3, -0.25) is 14.5 Å². The maximum atomic E-state index is 12.9. The minimum Gasteiger partial charge on any atom is -0.507 e. The summed E-state index contributed by atoms with van der Waals surface area (Å²) in [5.74, 6) is -2.33. The Morgan fingerprint density at radius 2 is 1.74 bits per heavy atom. The molecule has 4 rings (SSSR count). The van der Waals surface area contributed by atoms with Crippen molar-refractivity contribution in [2.45, 2.75) is 12.2 Å². The number of rotatable bonds is 3. The van der Waals surface area contributed by atoms with Gasteiger partial charge >= 0.3 is 6.18 Å². The molecule has 31 heavy (non-hydrogen) atoms. The lowest BCUT2D eigenvalue weighted by molar-refractivity contribution is -0.137. The van der Waals surface area contributed by atoms with Crippen LogP contribution < -0.4 is 4.90 Å². The molecule has 1 fully saturated rings. The second kappa shape index (κ2) is 7.63. The van der Waals surface area contributed by atoms with Gasteiger partial charge in [0.1, 0.15) is 17.6 Å². The molecular weight excluding hydrogens is 435 g/mol. The normalized spacial score (nSPS) is 18.6. The van der Waals surface area contributed by atoms with Crippen molar-refractivity contribution in [2.24, 2.45) is 0 Å². The summed E-state index contributed by atoms with van der Waals surface area (Å²) in [6.07, 6.45) is -3.23. The quantitative estimate of drug-likeness (QED) is 0.323. The van der Waals surface area contributed by atoms with Crippen molar-refractivity contribution in [3.63, 3.8) is 0 Å². The molecule has 1 unspecified atom stereocenters. The summed E-state index contributed by atoms with van der Waals surface area (Å²) in [5, 5.41) is 11.1. The van der Waals surface area contributed by atoms with Crippen molar-refractivity contribution in [3.05, 3.63) is 94.4 Å². The first-order valence-corrected chi connectivity index (χ1v) is 9.34. The Morgan fingerprint density at radius 3 is 2.32 bits per heavy atom. The van der Waals surface area contributed by atoms with E-state index in [-0.39, 0.29) is 22.6 Å². The van der Waals surface area contributed by atoms with Gasteiger partial charge in [-0.1, -0.05) is 23.7 Å². The van der Waals surface area contributed by atoms with Gasteiger partial charge < -0.3 is 9.52 Å². The number of carbonyl (C=O) groups is 2. The molecule has 158 valence electrons. The van der Waals surface area contributed by atoms with Gasteiger partial charge in [-0.05, 0) is 48.5 Å². The first-order chi connectivity index (χ1) is 14.7. The Hall–Kier alpha value is -3.52. The van der Waals surface area contributed by atoms with Crippen LogP contribution in [0.5, 0.6) is 0 Å². The van der Waals surface area contributed by atoms with Crippen LogP contribution in [0.1, 0.15) is 22.9 Å². The van der Waals surface area contributed by atoms with Crippen LogP contribution in [0.2, 0.25) is 5.02 Å². The van der Waals surface area contributed by atoms with Crippen LogP contribution >= 0.6 is 11.6 Å². The topological polar surface area (TPSA) is 70.8 Å². The highest BCUT2D eigenvalue weighted by Crippen LogP contribution is 2.43. The lowest BCUT2D eigenvalue weighted by Gasteiger charge is -2.23. The van der Waals surface area contributed by atoms with Crippen LogP contribution in [0.3, 0.4) is 0 Å². The highest BCUT2D eigenvalue weighted by Gasteiger charge is 2.48. The number of Topliss-reactive ketones (excluding diaryl/α,β-unsaturated/α-hetero) is 1. The molecule has 1 N–H and O–H groups in total. The lowest BCUT2D eigenvalue weighted by Crippen LogP contribution is -2.29. The second-order valence-corrected chi connectivity index (χ2v) is 7.18. The number of benzene rings is 2. The predicted octanol–water partition coefficient (Wildman–Crippen LogP) is 5.58. The zero-order valence-corrected chi connectivity index (χ0v) is 16.3. The summed E-state index contributed by atoms with van der Waals surface area (Å²) >= 11 is 5.97. The van der Waals surface area contributed by atoms with E-state index >= 15 is 0 Å². The van der Waals surface area contributed by atoms with E-state index in [2.05, 4.69) is 0 Å². The molecule has 0 bridgehead atoms. The van der Waals surface area contributed by atoms with Gasteiger partial charge in [-0.15, -0.1) is 0 Å². The lowest BCUT2D eigenvalue weighted by atomic mass is 9.99. The SMILES string of the molecule is O=C1C(=O)N(c2ccc(C(F)(F)F)cc2)C(c2ccco2)/C1=C(/O)c1cccc(Cl)c1. The van der Waals surface area contributed by atoms with Crippen LogP contribution in [0.25, 0.3) is 5.76 Å². The molecule has 0 aliphatic carbocycles. The van der Waals surface area contributed by atoms with E-state index in [4.69, 9.17) is 16.0 Å². The van der Waals surface area contributed by atoms with Gasteiger partial charge in [0, 0.05) is 16.3 Å². The molecule has 0 spiro atoms. The van der Waals surface area contributed by atoms with Crippen molar-refractivity contribution in [2.75, 3.05) is 4.90 Å². The molecule has 9 heteroatoms. The minimum atomic E-state index is -4.56. The van der Waals surface area contributed by atoms with Gasteiger partial charge in [-0.2, -0.15) is 13.2 Å². The number of anilines is 1. The van der Waals surface area contributed by atoms with Crippen LogP contribution in [-0.4, -0.2) is 16.8 Å². The third-order valence-electron chi connectivity index (χ3n) is 4.83. The Kier molecular flexibility index (Phi) is 5.10. The molecule has 3 aromatic rings. The number of hydrogen-bond donors (Lipinski definition) is 1. The highest BCUT2D eigenvalue weighted by molar-refractivity contribution is 6.51. The number of nitrogens with zero attached hydrogens (tertiary/aromatic N) is 1. The summed E-state index contributed by atoms with van der Waals surface area (Å²) in [6.45, 7) is 0. The smallest absolute Gasteiger partial charge is 0.416 e. The zero-order chi connectivity index (χ0) is 22.3. The minimum absolute atomic E-state index is 0.0432. The van der Waals surface area contributed by atoms with E-state index < -0.39 is 35.2 Å². The van der Waals surface area contributed by atoms with E-state index in [0.717, 1.165) is 29.2 Å². The molecule has 1 saturated heterocycles. The second-order valence-electron chi connectivity index (χ2n) is 6.74. The number of halogens is 4. The molecule has 1 aliphatic rings. The summed E-state index contributed by atoms with van der Waals surface area (Å²) in [7, 11) is 0. The van der Waals surface area contributed by atoms with E-state index in [0.29, 0.717) is 5.02 Å². The van der Waals surface area contributed by atoms with Gasteiger partial charge in [0.15, 0.2) is 0 Å². The molecule has 2 aromatic carbocycles. The van der Waals surface area contributed by atoms with Crippen molar-refractivity contribution >= 4 is 34.7 Å². The Morgan fingerprint density at radius 1 is 1.03 bits per heavy atom. The van der Waals surface area contributed by atoms with Gasteiger partial charge in [-0.25, -0.2) is 0 Å². The highest BCUT2D eigenvalue weighted by atomic mass is 35.5. The first kappa shape index (κ1) is 20.7. The summed E-state index contributed by atoms with van der Waals surface area (Å²) < 4.78 is 44.2. The van der Waals surface area contributed by atoms with Crippen LogP contribution in [-0.2, 0) is 15.8 Å². The molecule has 1 amide bonds. The van der Waals surface area contributed by atoms with Crippen molar-refractivity contribution in [3.8, 4) is 0 Å². The van der Waals surface area contributed by atoms with Crippen molar-refractivity contribution in [1.82, 2.24) is 0 Å². The molecule has 5 nitrogen and oxygen atoms in total. The number of hydrogen-bond acceptors (Lipinski definition) is 4. The van der Waals surface area contributed by atoms with E-state index in [1.54, 1.807) is 12.1 Å². The molecule has 1 aromatic heterocycles. The Bertz CT molecular complexity index is 1180. The third-order valence-corrected chi connectivity index (χ3v) is 5.06. The number of furan rings is 1. The molecule has 0 radical (unpaired) electrons. The van der Waals surface area contributed by atoms with Crippen LogP contribution in [0, 0.1) is 0 Å². The average Bonchev–Trinajstić information content (AvgIpc) is 3.34. The van der Waals surface area contributed by atoms with Crippen molar-refractivity contribution in [1.29, 1.82) is 0 Å². The monoisotopic (exact) mass is 447 g/mol. The Labute approximate surface area is 179 Å². The fourth-order valence-corrected chi connectivity index (χ4v) is 3.61. The molecule has 1 atom stereocenters. The number of ketones is 1. The number of amides is 1. The maximum absolute atomic E-state index is 12.9. The van der Waals surface area contributed by atoms with Gasteiger partial charge in [0.2, 0.25) is 0 Å². The van der Waals surface area contributed by atoms with Gasteiger partial charge in [0.25, 0.3) is 11.7 Å². The standard InChI is InChI=1S/C22H13ClF3NO4/c23-14-4-1-3-12(11-14)19(28)17-18(16-5-2-10-31-16)27(21(30)20(17)29)15-8-6-13(7-9-15)22(24,25)26/h1-11,18,28H/b19-17-. The largest absolute Gasteiger partial charge is 0.507 e. The Balaban J connectivity index is 1.88. The van der Waals surface area contributed by atoms with Crippen molar-refractivity contribution < 1.29 is 32.3 Å². The summed E-state index contributed by atoms with van der Waals surface area (Å²) in [6, 6.07) is 11.7. The van der Waals surface area contributed by atoms with Crippen LogP contribution in [0.4, 0.5) is 18.9 Å². The molecule has 1 aliphatic heterocycles. The number of carbonyl (C=O) groups excluding carboxylic acids is 2. The van der Waals surface area contributed by atoms with E-state index in [1.165, 1.54) is 30.5 Å². The average molecular weight is 448 g/mol. The summed E-state index contributed by atoms with van der Waals surface area (Å²) in [5.41, 5.74) is -0.917. The molecule has 2 heterocycles. The molecular formula is C22H13ClF3NO4. The van der Waals surface area contributed by atoms with Gasteiger partial charge in [0.05, 0.1) is 17.4 Å². The summed E-state index contributed by atoms with van der Waals surface area (Å²) in [4.78, 5) is 26.7. The fraction of sp³-hybridized carbons (Fsp3) is 0.0909.